The molecule has 1 aliphatic heterocycles. The normalized spacial score (nSPS) is 43.1. The molecule has 146 valence electrons. The molecule has 0 spiro atoms. The average Bonchev–Trinajstić information content (AvgIpc) is 2.86. The van der Waals surface area contributed by atoms with Gasteiger partial charge < -0.3 is 5.32 Å². The van der Waals surface area contributed by atoms with Crippen LogP contribution < -0.4 is 5.32 Å². The maximum Gasteiger partial charge on any atom is 0.240 e. The molecule has 1 N–H and O–H groups in total. The highest BCUT2D eigenvalue weighted by Gasteiger charge is 2.53. The highest BCUT2D eigenvalue weighted by molar-refractivity contribution is 6.07. The van der Waals surface area contributed by atoms with E-state index in [0.29, 0.717) is 12.8 Å². The summed E-state index contributed by atoms with van der Waals surface area (Å²) in [5, 5.41) is 3.19. The van der Waals surface area contributed by atoms with Gasteiger partial charge in [-0.25, -0.2) is 0 Å². The molecule has 5 nitrogen and oxygen atoms in total. The van der Waals surface area contributed by atoms with E-state index in [-0.39, 0.29) is 47.6 Å². The van der Waals surface area contributed by atoms with Gasteiger partial charge in [0.05, 0.1) is 11.8 Å². The van der Waals surface area contributed by atoms with Gasteiger partial charge in [0.1, 0.15) is 6.54 Å². The van der Waals surface area contributed by atoms with Crippen molar-refractivity contribution in [3.05, 3.63) is 12.2 Å². The molecule has 5 aliphatic carbocycles. The van der Waals surface area contributed by atoms with Crippen molar-refractivity contribution < 1.29 is 14.4 Å². The zero-order chi connectivity index (χ0) is 18.8. The Morgan fingerprint density at radius 3 is 2.00 bits per heavy atom. The number of hydrogen-bond acceptors (Lipinski definition) is 3. The number of carbonyl (C=O) groups excluding carboxylic acids is 3. The lowest BCUT2D eigenvalue weighted by Gasteiger charge is -2.59. The fourth-order valence-corrected chi connectivity index (χ4v) is 7.32. The van der Waals surface area contributed by atoms with Crippen LogP contribution in [0.1, 0.15) is 58.3 Å². The van der Waals surface area contributed by atoms with Gasteiger partial charge in [0.2, 0.25) is 17.7 Å². The first-order chi connectivity index (χ1) is 12.9. The molecule has 5 heteroatoms. The molecule has 0 aromatic carbocycles. The van der Waals surface area contributed by atoms with E-state index in [9.17, 15) is 14.4 Å². The standard InChI is InChI=1S/C22H30N2O3/c1-13(22-9-14-6-15(10-22)8-16(7-14)11-22)23-19(25)12-24-20(26)17-4-2-3-5-18(17)21(24)27/h2-3,13-18H,4-12H2,1H3,(H,23,25)/t13-,14?,15?,16?,17-,18+,22?/m0/s1. The Bertz CT molecular complexity index is 651. The summed E-state index contributed by atoms with van der Waals surface area (Å²) in [4.78, 5) is 39.1. The van der Waals surface area contributed by atoms with Crippen LogP contribution in [0.15, 0.2) is 12.2 Å². The zero-order valence-electron chi connectivity index (χ0n) is 16.2. The highest BCUT2D eigenvalue weighted by Crippen LogP contribution is 2.61. The van der Waals surface area contributed by atoms with Crippen molar-refractivity contribution in [1.82, 2.24) is 10.2 Å². The predicted octanol–water partition coefficient (Wildman–Crippen LogP) is 2.66. The lowest BCUT2D eigenvalue weighted by Crippen LogP contribution is -2.57. The molecule has 0 aromatic rings. The predicted molar refractivity (Wildman–Crippen MR) is 100 cm³/mol. The van der Waals surface area contributed by atoms with E-state index in [1.807, 2.05) is 12.2 Å². The van der Waals surface area contributed by atoms with Crippen molar-refractivity contribution in [3.63, 3.8) is 0 Å². The number of carbonyl (C=O) groups is 3. The second-order valence-electron chi connectivity index (χ2n) is 9.99. The number of nitrogens with one attached hydrogen (secondary N) is 1. The monoisotopic (exact) mass is 370 g/mol. The Hall–Kier alpha value is -1.65. The van der Waals surface area contributed by atoms with E-state index >= 15 is 0 Å². The zero-order valence-corrected chi connectivity index (χ0v) is 16.2. The minimum Gasteiger partial charge on any atom is -0.352 e. The van der Waals surface area contributed by atoms with Crippen LogP contribution in [0.4, 0.5) is 0 Å². The van der Waals surface area contributed by atoms with E-state index in [4.69, 9.17) is 0 Å². The van der Waals surface area contributed by atoms with Crippen molar-refractivity contribution in [1.29, 1.82) is 0 Å². The topological polar surface area (TPSA) is 66.5 Å². The molecular weight excluding hydrogens is 340 g/mol. The van der Waals surface area contributed by atoms with E-state index < -0.39 is 0 Å². The van der Waals surface area contributed by atoms with E-state index in [1.165, 1.54) is 43.4 Å². The number of nitrogens with zero attached hydrogens (tertiary/aromatic N) is 1. The van der Waals surface area contributed by atoms with Crippen molar-refractivity contribution in [3.8, 4) is 0 Å². The van der Waals surface area contributed by atoms with Crippen molar-refractivity contribution in [2.24, 2.45) is 35.0 Å². The van der Waals surface area contributed by atoms with Gasteiger partial charge in [-0.15, -0.1) is 0 Å². The number of rotatable bonds is 4. The molecule has 3 amide bonds. The quantitative estimate of drug-likeness (QED) is 0.611. The van der Waals surface area contributed by atoms with Crippen LogP contribution in [0.3, 0.4) is 0 Å². The molecule has 6 aliphatic rings. The van der Waals surface area contributed by atoms with Gasteiger partial charge in [0.25, 0.3) is 0 Å². The second-order valence-corrected chi connectivity index (χ2v) is 9.99. The first-order valence-corrected chi connectivity index (χ1v) is 10.7. The third-order valence-corrected chi connectivity index (χ3v) is 8.28. The minimum absolute atomic E-state index is 0.110. The van der Waals surface area contributed by atoms with Crippen LogP contribution in [-0.4, -0.2) is 35.2 Å². The summed E-state index contributed by atoms with van der Waals surface area (Å²) in [7, 11) is 0. The maximum absolute atomic E-state index is 12.7. The Labute approximate surface area is 160 Å². The van der Waals surface area contributed by atoms with E-state index in [2.05, 4.69) is 12.2 Å². The Morgan fingerprint density at radius 1 is 1.04 bits per heavy atom. The van der Waals surface area contributed by atoms with Crippen LogP contribution in [-0.2, 0) is 14.4 Å². The van der Waals surface area contributed by atoms with Gasteiger partial charge in [-0.3, -0.25) is 19.3 Å². The number of allylic oxidation sites excluding steroid dienone is 2. The molecule has 5 fully saturated rings. The Morgan fingerprint density at radius 2 is 1.52 bits per heavy atom. The molecule has 4 bridgehead atoms. The van der Waals surface area contributed by atoms with Gasteiger partial charge in [-0.2, -0.15) is 0 Å². The average molecular weight is 370 g/mol. The first-order valence-electron chi connectivity index (χ1n) is 10.7. The molecule has 4 saturated carbocycles. The van der Waals surface area contributed by atoms with Crippen LogP contribution >= 0.6 is 0 Å². The Balaban J connectivity index is 1.24. The second kappa shape index (κ2) is 6.18. The number of likely N-dealkylation sites (tertiary alicyclic amines) is 1. The Kier molecular flexibility index (Phi) is 3.99. The number of imide groups is 1. The first kappa shape index (κ1) is 17.4. The van der Waals surface area contributed by atoms with Gasteiger partial charge >= 0.3 is 0 Å². The van der Waals surface area contributed by atoms with E-state index in [1.54, 1.807) is 0 Å². The molecular formula is C22H30N2O3. The molecule has 6 rings (SSSR count). The largest absolute Gasteiger partial charge is 0.352 e. The van der Waals surface area contributed by atoms with Crippen LogP contribution in [0.25, 0.3) is 0 Å². The number of hydrogen-bond donors (Lipinski definition) is 1. The summed E-state index contributed by atoms with van der Waals surface area (Å²) in [5.74, 6) is 1.52. The molecule has 1 heterocycles. The summed E-state index contributed by atoms with van der Waals surface area (Å²) in [5.41, 5.74) is 0.237. The van der Waals surface area contributed by atoms with Gasteiger partial charge in [0.15, 0.2) is 0 Å². The van der Waals surface area contributed by atoms with Crippen molar-refractivity contribution in [2.45, 2.75) is 64.3 Å². The molecule has 1 saturated heterocycles. The van der Waals surface area contributed by atoms with E-state index in [0.717, 1.165) is 17.8 Å². The molecule has 27 heavy (non-hydrogen) atoms. The summed E-state index contributed by atoms with van der Waals surface area (Å²) in [6.45, 7) is 2.03. The van der Waals surface area contributed by atoms with Crippen molar-refractivity contribution in [2.75, 3.05) is 6.54 Å². The molecule has 0 unspecified atom stereocenters. The van der Waals surface area contributed by atoms with Gasteiger partial charge in [0, 0.05) is 6.04 Å². The summed E-state index contributed by atoms with van der Waals surface area (Å²) >= 11 is 0. The number of amides is 3. The van der Waals surface area contributed by atoms with Crippen molar-refractivity contribution >= 4 is 17.7 Å². The molecule has 3 atom stereocenters. The smallest absolute Gasteiger partial charge is 0.240 e. The third-order valence-electron chi connectivity index (χ3n) is 8.28. The lowest BCUT2D eigenvalue weighted by molar-refractivity contribution is -0.144. The fraction of sp³-hybridized carbons (Fsp3) is 0.773. The summed E-state index contributed by atoms with van der Waals surface area (Å²) in [6.07, 6.45) is 13.0. The highest BCUT2D eigenvalue weighted by atomic mass is 16.2. The minimum atomic E-state index is -0.254. The van der Waals surface area contributed by atoms with Crippen LogP contribution in [0.2, 0.25) is 0 Å². The lowest BCUT2D eigenvalue weighted by atomic mass is 9.48. The molecule has 0 aromatic heterocycles. The molecule has 0 radical (unpaired) electrons. The summed E-state index contributed by atoms with van der Waals surface area (Å²) in [6, 6.07) is 0.121. The van der Waals surface area contributed by atoms with Gasteiger partial charge in [-0.05, 0) is 81.5 Å². The summed E-state index contributed by atoms with van der Waals surface area (Å²) < 4.78 is 0. The fourth-order valence-electron chi connectivity index (χ4n) is 7.32. The maximum atomic E-state index is 12.7. The van der Waals surface area contributed by atoms with Crippen LogP contribution in [0.5, 0.6) is 0 Å². The number of fused-ring (bicyclic) bond motifs is 1. The SMILES string of the molecule is C[C@H](NC(=O)CN1C(=O)[C@H]2CC=CC[C@H]2C1=O)C12CC3CC(CC(C3)C1)C2. The van der Waals surface area contributed by atoms with Gasteiger partial charge in [-0.1, -0.05) is 12.2 Å². The van der Waals surface area contributed by atoms with Crippen LogP contribution in [0, 0.1) is 35.0 Å². The third kappa shape index (κ3) is 2.76.